The molecule has 0 spiro atoms. The standard InChI is InChI=1S/C27H41NO5/c1-16(2)33-24-14-19(27(3,4)5)13-22(29)25(24)18-9-6-8-17(12-18)23(30)15-28-21-11-7-10-20(21)26(31)32/h8,13-14,16,18,20-21,23,28-30H,6-7,9-12,15H2,1-5H3,(H,31,32)/t18-,20?,21?,23?/m0/s1. The highest BCUT2D eigenvalue weighted by Gasteiger charge is 2.34. The van der Waals surface area contributed by atoms with Crippen LogP contribution in [-0.2, 0) is 10.2 Å². The molecule has 3 unspecified atom stereocenters. The van der Waals surface area contributed by atoms with Crippen LogP contribution < -0.4 is 10.1 Å². The number of carboxylic acid groups (broad SMARTS) is 1. The summed E-state index contributed by atoms with van der Waals surface area (Å²) in [6, 6.07) is 3.82. The second-order valence-electron chi connectivity index (χ2n) is 11.0. The minimum atomic E-state index is -0.761. The molecule has 1 aromatic carbocycles. The van der Waals surface area contributed by atoms with Gasteiger partial charge in [0.05, 0.1) is 18.1 Å². The summed E-state index contributed by atoms with van der Waals surface area (Å²) >= 11 is 0. The van der Waals surface area contributed by atoms with Gasteiger partial charge in [-0.15, -0.1) is 0 Å². The molecular weight excluding hydrogens is 418 g/mol. The van der Waals surface area contributed by atoms with E-state index in [1.807, 2.05) is 19.9 Å². The molecule has 0 aromatic heterocycles. The van der Waals surface area contributed by atoms with Gasteiger partial charge in [-0.25, -0.2) is 0 Å². The summed E-state index contributed by atoms with van der Waals surface area (Å²) in [5.41, 5.74) is 2.68. The molecule has 1 aromatic rings. The van der Waals surface area contributed by atoms with Crippen LogP contribution in [-0.4, -0.2) is 46.1 Å². The van der Waals surface area contributed by atoms with Crippen LogP contribution in [0.25, 0.3) is 0 Å². The molecule has 2 aliphatic carbocycles. The van der Waals surface area contributed by atoms with Gasteiger partial charge in [-0.1, -0.05) is 33.3 Å². The first-order valence-electron chi connectivity index (χ1n) is 12.3. The Morgan fingerprint density at radius 1 is 1.21 bits per heavy atom. The number of rotatable bonds is 8. The highest BCUT2D eigenvalue weighted by Crippen LogP contribution is 2.45. The predicted octanol–water partition coefficient (Wildman–Crippen LogP) is 4.87. The molecule has 0 heterocycles. The normalized spacial score (nSPS) is 24.6. The zero-order chi connectivity index (χ0) is 24.3. The molecule has 0 amide bonds. The highest BCUT2D eigenvalue weighted by molar-refractivity contribution is 5.71. The van der Waals surface area contributed by atoms with Crippen molar-refractivity contribution in [1.82, 2.24) is 5.32 Å². The lowest BCUT2D eigenvalue weighted by atomic mass is 9.79. The average Bonchev–Trinajstić information content (AvgIpc) is 3.19. The Morgan fingerprint density at radius 2 is 1.94 bits per heavy atom. The van der Waals surface area contributed by atoms with Crippen molar-refractivity contribution in [3.05, 3.63) is 34.9 Å². The van der Waals surface area contributed by atoms with Crippen molar-refractivity contribution in [1.29, 1.82) is 0 Å². The van der Waals surface area contributed by atoms with E-state index in [2.05, 4.69) is 38.2 Å². The van der Waals surface area contributed by atoms with Crippen molar-refractivity contribution >= 4 is 5.97 Å². The van der Waals surface area contributed by atoms with Crippen LogP contribution in [0.3, 0.4) is 0 Å². The summed E-state index contributed by atoms with van der Waals surface area (Å²) in [6.45, 7) is 10.7. The number of phenols is 1. The molecular formula is C27H41NO5. The number of benzene rings is 1. The lowest BCUT2D eigenvalue weighted by molar-refractivity contribution is -0.142. The van der Waals surface area contributed by atoms with Crippen LogP contribution in [0.4, 0.5) is 0 Å². The molecule has 3 rings (SSSR count). The smallest absolute Gasteiger partial charge is 0.308 e. The molecule has 0 bridgehead atoms. The van der Waals surface area contributed by atoms with Gasteiger partial charge in [-0.2, -0.15) is 0 Å². The number of aliphatic hydroxyl groups is 1. The van der Waals surface area contributed by atoms with Gasteiger partial charge in [0.25, 0.3) is 0 Å². The number of hydrogen-bond donors (Lipinski definition) is 4. The number of nitrogens with one attached hydrogen (secondary N) is 1. The van der Waals surface area contributed by atoms with E-state index in [9.17, 15) is 20.1 Å². The molecule has 184 valence electrons. The van der Waals surface area contributed by atoms with Crippen LogP contribution >= 0.6 is 0 Å². The van der Waals surface area contributed by atoms with E-state index in [4.69, 9.17) is 4.74 Å². The molecule has 0 saturated heterocycles. The fourth-order valence-corrected chi connectivity index (χ4v) is 5.16. The third-order valence-corrected chi connectivity index (χ3v) is 7.00. The molecule has 33 heavy (non-hydrogen) atoms. The van der Waals surface area contributed by atoms with Gasteiger partial charge in [0.1, 0.15) is 11.5 Å². The molecule has 2 aliphatic rings. The maximum Gasteiger partial charge on any atom is 0.308 e. The zero-order valence-corrected chi connectivity index (χ0v) is 20.7. The first-order chi connectivity index (χ1) is 15.5. The first-order valence-corrected chi connectivity index (χ1v) is 12.3. The quantitative estimate of drug-likeness (QED) is 0.414. The summed E-state index contributed by atoms with van der Waals surface area (Å²) < 4.78 is 6.15. The summed E-state index contributed by atoms with van der Waals surface area (Å²) in [5.74, 6) is -0.0977. The van der Waals surface area contributed by atoms with Crippen molar-refractivity contribution < 1.29 is 24.9 Å². The Labute approximate surface area is 198 Å². The second kappa shape index (κ2) is 10.5. The third-order valence-electron chi connectivity index (χ3n) is 7.00. The first kappa shape index (κ1) is 25.6. The zero-order valence-electron chi connectivity index (χ0n) is 20.7. The van der Waals surface area contributed by atoms with E-state index < -0.39 is 12.1 Å². The van der Waals surface area contributed by atoms with Gasteiger partial charge in [0.15, 0.2) is 0 Å². The predicted molar refractivity (Wildman–Crippen MR) is 130 cm³/mol. The molecule has 1 saturated carbocycles. The van der Waals surface area contributed by atoms with E-state index >= 15 is 0 Å². The molecule has 4 atom stereocenters. The molecule has 4 N–H and O–H groups in total. The van der Waals surface area contributed by atoms with Crippen molar-refractivity contribution in [3.63, 3.8) is 0 Å². The maximum atomic E-state index is 11.4. The van der Waals surface area contributed by atoms with Crippen LogP contribution in [0.15, 0.2) is 23.8 Å². The number of aliphatic hydroxyl groups excluding tert-OH is 1. The molecule has 0 radical (unpaired) electrons. The van der Waals surface area contributed by atoms with E-state index in [0.29, 0.717) is 19.4 Å². The van der Waals surface area contributed by atoms with Crippen LogP contribution in [0.5, 0.6) is 11.5 Å². The van der Waals surface area contributed by atoms with E-state index in [-0.39, 0.29) is 35.1 Å². The van der Waals surface area contributed by atoms with E-state index in [1.165, 1.54) is 0 Å². The number of aromatic hydroxyl groups is 1. The van der Waals surface area contributed by atoms with E-state index in [0.717, 1.165) is 48.1 Å². The summed E-state index contributed by atoms with van der Waals surface area (Å²) in [7, 11) is 0. The number of ether oxygens (including phenoxy) is 1. The number of allylic oxidation sites excluding steroid dienone is 1. The van der Waals surface area contributed by atoms with Gasteiger partial charge in [0, 0.05) is 18.2 Å². The number of phenolic OH excluding ortho intramolecular Hbond substituents is 1. The molecule has 0 aliphatic heterocycles. The lowest BCUT2D eigenvalue weighted by Gasteiger charge is -2.30. The molecule has 6 heteroatoms. The number of carbonyl (C=O) groups is 1. The maximum absolute atomic E-state index is 11.4. The SMILES string of the molecule is CC(C)Oc1cc(C(C)(C)C)cc(O)c1[C@H]1CCC=C(C(O)CNC2CCCC2C(=O)O)C1. The Morgan fingerprint density at radius 3 is 2.58 bits per heavy atom. The van der Waals surface area contributed by atoms with Crippen LogP contribution in [0.2, 0.25) is 0 Å². The van der Waals surface area contributed by atoms with Crippen molar-refractivity contribution in [2.75, 3.05) is 6.54 Å². The number of aliphatic carboxylic acids is 1. The second-order valence-corrected chi connectivity index (χ2v) is 11.0. The third kappa shape index (κ3) is 6.30. The Hall–Kier alpha value is -2.05. The van der Waals surface area contributed by atoms with Gasteiger partial charge in [-0.05, 0) is 80.6 Å². The largest absolute Gasteiger partial charge is 0.508 e. The Kier molecular flexibility index (Phi) is 8.12. The van der Waals surface area contributed by atoms with E-state index in [1.54, 1.807) is 0 Å². The Bertz CT molecular complexity index is 870. The van der Waals surface area contributed by atoms with Gasteiger partial charge >= 0.3 is 5.97 Å². The number of hydrogen-bond acceptors (Lipinski definition) is 5. The lowest BCUT2D eigenvalue weighted by Crippen LogP contribution is -2.41. The minimum Gasteiger partial charge on any atom is -0.508 e. The fraction of sp³-hybridized carbons (Fsp3) is 0.667. The van der Waals surface area contributed by atoms with Crippen LogP contribution in [0, 0.1) is 5.92 Å². The van der Waals surface area contributed by atoms with Gasteiger partial charge < -0.3 is 25.4 Å². The number of carboxylic acids is 1. The van der Waals surface area contributed by atoms with Crippen molar-refractivity contribution in [2.24, 2.45) is 5.92 Å². The summed E-state index contributed by atoms with van der Waals surface area (Å²) in [6.07, 6.45) is 6.17. The molecule has 1 fully saturated rings. The highest BCUT2D eigenvalue weighted by atomic mass is 16.5. The topological polar surface area (TPSA) is 99.0 Å². The molecule has 6 nitrogen and oxygen atoms in total. The minimum absolute atomic E-state index is 0.0136. The van der Waals surface area contributed by atoms with Crippen molar-refractivity contribution in [2.45, 2.75) is 103 Å². The van der Waals surface area contributed by atoms with Crippen LogP contribution in [0.1, 0.15) is 90.2 Å². The average molecular weight is 460 g/mol. The Balaban J connectivity index is 1.75. The fourth-order valence-electron chi connectivity index (χ4n) is 5.16. The van der Waals surface area contributed by atoms with Crippen molar-refractivity contribution in [3.8, 4) is 11.5 Å². The van der Waals surface area contributed by atoms with Gasteiger partial charge in [-0.3, -0.25) is 4.79 Å². The summed E-state index contributed by atoms with van der Waals surface area (Å²) in [4.78, 5) is 11.4. The summed E-state index contributed by atoms with van der Waals surface area (Å²) in [5, 5.41) is 34.6. The van der Waals surface area contributed by atoms with Gasteiger partial charge in [0.2, 0.25) is 0 Å². The monoisotopic (exact) mass is 459 g/mol.